The highest BCUT2D eigenvalue weighted by Gasteiger charge is 2.16. The Hall–Kier alpha value is -2.30. The molecular formula is C13H11FO4. The number of carbonyl (C=O) groups is 1. The SMILES string of the molecule is COC(=O)c1occc1COc1ccccc1F. The predicted octanol–water partition coefficient (Wildman–Crippen LogP) is 2.78. The van der Waals surface area contributed by atoms with Crippen LogP contribution < -0.4 is 4.74 Å². The lowest BCUT2D eigenvalue weighted by Crippen LogP contribution is -2.05. The maximum Gasteiger partial charge on any atom is 0.374 e. The van der Waals surface area contributed by atoms with E-state index in [1.165, 1.54) is 25.5 Å². The normalized spacial score (nSPS) is 10.1. The molecule has 0 aliphatic heterocycles. The van der Waals surface area contributed by atoms with Gasteiger partial charge in [0.1, 0.15) is 6.61 Å². The van der Waals surface area contributed by atoms with Crippen molar-refractivity contribution in [2.75, 3.05) is 7.11 Å². The predicted molar refractivity (Wildman–Crippen MR) is 60.8 cm³/mol. The molecule has 2 aromatic rings. The molecule has 18 heavy (non-hydrogen) atoms. The van der Waals surface area contributed by atoms with E-state index in [1.807, 2.05) is 0 Å². The first kappa shape index (κ1) is 12.2. The van der Waals surface area contributed by atoms with Crippen LogP contribution in [-0.4, -0.2) is 13.1 Å². The van der Waals surface area contributed by atoms with Crippen molar-refractivity contribution in [2.45, 2.75) is 6.61 Å². The Labute approximate surface area is 103 Å². The highest BCUT2D eigenvalue weighted by Crippen LogP contribution is 2.19. The van der Waals surface area contributed by atoms with E-state index in [1.54, 1.807) is 18.2 Å². The molecule has 0 radical (unpaired) electrons. The van der Waals surface area contributed by atoms with E-state index in [2.05, 4.69) is 4.74 Å². The molecule has 0 aliphatic rings. The first-order chi connectivity index (χ1) is 8.72. The van der Waals surface area contributed by atoms with Crippen LogP contribution in [0, 0.1) is 5.82 Å². The number of ether oxygens (including phenoxy) is 2. The third-order valence-corrected chi connectivity index (χ3v) is 2.34. The topological polar surface area (TPSA) is 48.7 Å². The summed E-state index contributed by atoms with van der Waals surface area (Å²) in [5.74, 6) is -0.865. The smallest absolute Gasteiger partial charge is 0.374 e. The lowest BCUT2D eigenvalue weighted by molar-refractivity contribution is 0.0561. The van der Waals surface area contributed by atoms with Crippen LogP contribution in [0.3, 0.4) is 0 Å². The van der Waals surface area contributed by atoms with Gasteiger partial charge in [0.05, 0.1) is 13.4 Å². The molecule has 1 heterocycles. The van der Waals surface area contributed by atoms with Gasteiger partial charge >= 0.3 is 5.97 Å². The van der Waals surface area contributed by atoms with Crippen molar-refractivity contribution in [3.8, 4) is 5.75 Å². The maximum atomic E-state index is 13.3. The second-order valence-corrected chi connectivity index (χ2v) is 3.49. The molecule has 0 unspecified atom stereocenters. The molecule has 0 fully saturated rings. The van der Waals surface area contributed by atoms with Crippen LogP contribution in [0.25, 0.3) is 0 Å². The number of hydrogen-bond donors (Lipinski definition) is 0. The number of hydrogen-bond acceptors (Lipinski definition) is 4. The largest absolute Gasteiger partial charge is 0.486 e. The van der Waals surface area contributed by atoms with E-state index < -0.39 is 11.8 Å². The molecule has 5 heteroatoms. The second-order valence-electron chi connectivity index (χ2n) is 3.49. The summed E-state index contributed by atoms with van der Waals surface area (Å²) in [5, 5.41) is 0. The Morgan fingerprint density at radius 2 is 2.11 bits per heavy atom. The third-order valence-electron chi connectivity index (χ3n) is 2.34. The molecule has 1 aromatic heterocycles. The van der Waals surface area contributed by atoms with Crippen molar-refractivity contribution >= 4 is 5.97 Å². The molecule has 2 rings (SSSR count). The fourth-order valence-corrected chi connectivity index (χ4v) is 1.44. The van der Waals surface area contributed by atoms with Gasteiger partial charge < -0.3 is 13.9 Å². The highest BCUT2D eigenvalue weighted by molar-refractivity contribution is 5.87. The zero-order chi connectivity index (χ0) is 13.0. The van der Waals surface area contributed by atoms with Gasteiger partial charge in [0.15, 0.2) is 11.6 Å². The lowest BCUT2D eigenvalue weighted by Gasteiger charge is -2.06. The zero-order valence-electron chi connectivity index (χ0n) is 9.68. The Balaban J connectivity index is 2.09. The minimum Gasteiger partial charge on any atom is -0.486 e. The van der Waals surface area contributed by atoms with Gasteiger partial charge in [0, 0.05) is 5.56 Å². The van der Waals surface area contributed by atoms with Gasteiger partial charge in [-0.2, -0.15) is 0 Å². The van der Waals surface area contributed by atoms with Gasteiger partial charge in [-0.15, -0.1) is 0 Å². The van der Waals surface area contributed by atoms with Crippen molar-refractivity contribution in [1.82, 2.24) is 0 Å². The van der Waals surface area contributed by atoms with Crippen molar-refractivity contribution in [1.29, 1.82) is 0 Å². The van der Waals surface area contributed by atoms with Crippen LogP contribution in [0.2, 0.25) is 0 Å². The Kier molecular flexibility index (Phi) is 3.62. The molecule has 4 nitrogen and oxygen atoms in total. The van der Waals surface area contributed by atoms with E-state index in [0.717, 1.165) is 0 Å². The maximum absolute atomic E-state index is 13.3. The summed E-state index contributed by atoms with van der Waals surface area (Å²) < 4.78 is 28.1. The highest BCUT2D eigenvalue weighted by atomic mass is 19.1. The summed E-state index contributed by atoms with van der Waals surface area (Å²) in [4.78, 5) is 11.3. The van der Waals surface area contributed by atoms with Crippen LogP contribution in [0.5, 0.6) is 5.75 Å². The van der Waals surface area contributed by atoms with Crippen molar-refractivity contribution < 1.29 is 23.1 Å². The van der Waals surface area contributed by atoms with Gasteiger partial charge in [0.25, 0.3) is 0 Å². The summed E-state index contributed by atoms with van der Waals surface area (Å²) in [6, 6.07) is 7.61. The standard InChI is InChI=1S/C13H11FO4/c1-16-13(15)12-9(6-7-17-12)8-18-11-5-3-2-4-10(11)14/h2-7H,8H2,1H3. The van der Waals surface area contributed by atoms with Crippen molar-refractivity contribution in [3.05, 3.63) is 53.7 Å². The minimum atomic E-state index is -0.591. The number of halogens is 1. The third kappa shape index (κ3) is 2.51. The zero-order valence-corrected chi connectivity index (χ0v) is 9.68. The molecule has 0 amide bonds. The molecule has 0 aliphatic carbocycles. The number of esters is 1. The summed E-state index contributed by atoms with van der Waals surface area (Å²) in [7, 11) is 1.26. The Bertz CT molecular complexity index is 547. The van der Waals surface area contributed by atoms with E-state index >= 15 is 0 Å². The number of rotatable bonds is 4. The number of benzene rings is 1. The van der Waals surface area contributed by atoms with Gasteiger partial charge in [0.2, 0.25) is 5.76 Å². The molecule has 0 N–H and O–H groups in total. The van der Waals surface area contributed by atoms with E-state index in [9.17, 15) is 9.18 Å². The fourth-order valence-electron chi connectivity index (χ4n) is 1.44. The van der Waals surface area contributed by atoms with E-state index in [4.69, 9.17) is 9.15 Å². The first-order valence-electron chi connectivity index (χ1n) is 5.24. The van der Waals surface area contributed by atoms with Gasteiger partial charge in [-0.1, -0.05) is 12.1 Å². The fraction of sp³-hybridized carbons (Fsp3) is 0.154. The van der Waals surface area contributed by atoms with Crippen LogP contribution in [-0.2, 0) is 11.3 Å². The molecule has 94 valence electrons. The van der Waals surface area contributed by atoms with Crippen LogP contribution in [0.1, 0.15) is 16.1 Å². The Morgan fingerprint density at radius 3 is 2.83 bits per heavy atom. The van der Waals surface area contributed by atoms with Crippen LogP contribution in [0.15, 0.2) is 41.0 Å². The lowest BCUT2D eigenvalue weighted by atomic mass is 10.2. The second kappa shape index (κ2) is 5.35. The summed E-state index contributed by atoms with van der Waals surface area (Å²) in [6.45, 7) is 0.0296. The molecule has 0 saturated heterocycles. The monoisotopic (exact) mass is 250 g/mol. The van der Waals surface area contributed by atoms with Crippen molar-refractivity contribution in [2.24, 2.45) is 0 Å². The van der Waals surface area contributed by atoms with Crippen LogP contribution >= 0.6 is 0 Å². The minimum absolute atomic E-state index is 0.0296. The molecule has 0 bridgehead atoms. The molecule has 1 aromatic carbocycles. The number of furan rings is 1. The molecular weight excluding hydrogens is 239 g/mol. The van der Waals surface area contributed by atoms with Gasteiger partial charge in [-0.25, -0.2) is 9.18 Å². The van der Waals surface area contributed by atoms with Gasteiger partial charge in [-0.05, 0) is 18.2 Å². The molecule has 0 spiro atoms. The average Bonchev–Trinajstić information content (AvgIpc) is 2.85. The van der Waals surface area contributed by atoms with E-state index in [0.29, 0.717) is 5.56 Å². The number of methoxy groups -OCH3 is 1. The summed E-state index contributed by atoms with van der Waals surface area (Å²) in [5.41, 5.74) is 0.505. The number of carbonyl (C=O) groups excluding carboxylic acids is 1. The Morgan fingerprint density at radius 1 is 1.33 bits per heavy atom. The number of para-hydroxylation sites is 1. The summed E-state index contributed by atoms with van der Waals surface area (Å²) in [6.07, 6.45) is 1.35. The summed E-state index contributed by atoms with van der Waals surface area (Å²) >= 11 is 0. The van der Waals surface area contributed by atoms with Crippen LogP contribution in [0.4, 0.5) is 4.39 Å². The van der Waals surface area contributed by atoms with Gasteiger partial charge in [-0.3, -0.25) is 0 Å². The molecule has 0 atom stereocenters. The quantitative estimate of drug-likeness (QED) is 0.783. The van der Waals surface area contributed by atoms with Crippen molar-refractivity contribution in [3.63, 3.8) is 0 Å². The van der Waals surface area contributed by atoms with E-state index in [-0.39, 0.29) is 18.1 Å². The first-order valence-corrected chi connectivity index (χ1v) is 5.24. The molecule has 0 saturated carbocycles. The average molecular weight is 250 g/mol.